The van der Waals surface area contributed by atoms with E-state index in [2.05, 4.69) is 4.98 Å². The average molecular weight is 266 g/mol. The van der Waals surface area contributed by atoms with Crippen LogP contribution >= 0.6 is 0 Å². The predicted molar refractivity (Wildman–Crippen MR) is 76.6 cm³/mol. The van der Waals surface area contributed by atoms with E-state index in [1.165, 1.54) is 0 Å². The lowest BCUT2D eigenvalue weighted by molar-refractivity contribution is -0.136. The standard InChI is InChI=1S/C16H14N2O2/c19-15(20)9-13-11-18(10-12-5-2-1-3-6-12)16-14(13)7-4-8-17-16/h1-8,11H,9-10H2,(H,19,20). The van der Waals surface area contributed by atoms with E-state index in [-0.39, 0.29) is 6.42 Å². The largest absolute Gasteiger partial charge is 0.481 e. The van der Waals surface area contributed by atoms with Crippen molar-refractivity contribution in [2.75, 3.05) is 0 Å². The summed E-state index contributed by atoms with van der Waals surface area (Å²) in [6.07, 6.45) is 3.64. The maximum atomic E-state index is 11.0. The molecule has 2 aromatic heterocycles. The van der Waals surface area contributed by atoms with Gasteiger partial charge in [0.05, 0.1) is 6.42 Å². The van der Waals surface area contributed by atoms with E-state index in [1.54, 1.807) is 6.20 Å². The minimum atomic E-state index is -0.826. The Labute approximate surface area is 116 Å². The fourth-order valence-electron chi connectivity index (χ4n) is 2.40. The minimum Gasteiger partial charge on any atom is -0.481 e. The van der Waals surface area contributed by atoms with E-state index in [0.717, 1.165) is 22.2 Å². The van der Waals surface area contributed by atoms with Crippen molar-refractivity contribution in [3.8, 4) is 0 Å². The van der Waals surface area contributed by atoms with Gasteiger partial charge in [0, 0.05) is 24.3 Å². The lowest BCUT2D eigenvalue weighted by Gasteiger charge is -2.04. The first-order chi connectivity index (χ1) is 9.74. The molecule has 0 saturated heterocycles. The number of pyridine rings is 1. The summed E-state index contributed by atoms with van der Waals surface area (Å²) >= 11 is 0. The molecule has 0 aliphatic rings. The zero-order valence-electron chi connectivity index (χ0n) is 10.9. The highest BCUT2D eigenvalue weighted by atomic mass is 16.4. The number of hydrogen-bond acceptors (Lipinski definition) is 2. The molecule has 0 bridgehead atoms. The highest BCUT2D eigenvalue weighted by Crippen LogP contribution is 2.21. The van der Waals surface area contributed by atoms with Crippen LogP contribution in [0.25, 0.3) is 11.0 Å². The van der Waals surface area contributed by atoms with Crippen LogP contribution in [0.5, 0.6) is 0 Å². The number of carboxylic acid groups (broad SMARTS) is 1. The number of fused-ring (bicyclic) bond motifs is 1. The van der Waals surface area contributed by atoms with Gasteiger partial charge in [-0.05, 0) is 23.3 Å². The second kappa shape index (κ2) is 5.17. The van der Waals surface area contributed by atoms with Crippen LogP contribution in [0.2, 0.25) is 0 Å². The smallest absolute Gasteiger partial charge is 0.307 e. The number of rotatable bonds is 4. The average Bonchev–Trinajstić information content (AvgIpc) is 2.78. The van der Waals surface area contributed by atoms with Crippen molar-refractivity contribution >= 4 is 17.0 Å². The summed E-state index contributed by atoms with van der Waals surface area (Å²) in [5.74, 6) is -0.826. The number of aliphatic carboxylic acids is 1. The zero-order valence-corrected chi connectivity index (χ0v) is 10.9. The second-order valence-corrected chi connectivity index (χ2v) is 4.71. The molecule has 1 aromatic carbocycles. The van der Waals surface area contributed by atoms with Gasteiger partial charge in [0.2, 0.25) is 0 Å². The van der Waals surface area contributed by atoms with Crippen molar-refractivity contribution in [3.05, 3.63) is 66.0 Å². The van der Waals surface area contributed by atoms with Gasteiger partial charge in [0.15, 0.2) is 0 Å². The van der Waals surface area contributed by atoms with Crippen LogP contribution < -0.4 is 0 Å². The van der Waals surface area contributed by atoms with Gasteiger partial charge in [-0.2, -0.15) is 0 Å². The maximum Gasteiger partial charge on any atom is 0.307 e. The van der Waals surface area contributed by atoms with Gasteiger partial charge in [0.25, 0.3) is 0 Å². The van der Waals surface area contributed by atoms with Gasteiger partial charge in [-0.3, -0.25) is 4.79 Å². The summed E-state index contributed by atoms with van der Waals surface area (Å²) in [5.41, 5.74) is 2.79. The van der Waals surface area contributed by atoms with Gasteiger partial charge in [0.1, 0.15) is 5.65 Å². The van der Waals surface area contributed by atoms with Crippen LogP contribution in [0, 0.1) is 0 Å². The van der Waals surface area contributed by atoms with Gasteiger partial charge in [-0.25, -0.2) is 4.98 Å². The SMILES string of the molecule is O=C(O)Cc1cn(Cc2ccccc2)c2ncccc12. The number of carbonyl (C=O) groups is 1. The van der Waals surface area contributed by atoms with E-state index in [0.29, 0.717) is 6.54 Å². The molecule has 0 amide bonds. The highest BCUT2D eigenvalue weighted by Gasteiger charge is 2.12. The molecule has 0 spiro atoms. The summed E-state index contributed by atoms with van der Waals surface area (Å²) in [6, 6.07) is 13.8. The van der Waals surface area contributed by atoms with E-state index in [9.17, 15) is 4.79 Å². The Morgan fingerprint density at radius 1 is 1.15 bits per heavy atom. The van der Waals surface area contributed by atoms with Gasteiger partial charge in [-0.15, -0.1) is 0 Å². The topological polar surface area (TPSA) is 55.1 Å². The Kier molecular flexibility index (Phi) is 3.21. The minimum absolute atomic E-state index is 0.0178. The first-order valence-corrected chi connectivity index (χ1v) is 6.42. The molecule has 0 atom stereocenters. The molecule has 0 saturated carbocycles. The van der Waals surface area contributed by atoms with Crippen molar-refractivity contribution in [2.24, 2.45) is 0 Å². The molecule has 0 unspecified atom stereocenters. The van der Waals surface area contributed by atoms with E-state index >= 15 is 0 Å². The van der Waals surface area contributed by atoms with Crippen LogP contribution in [0.3, 0.4) is 0 Å². The van der Waals surface area contributed by atoms with Crippen molar-refractivity contribution in [1.29, 1.82) is 0 Å². The third kappa shape index (κ3) is 2.40. The first kappa shape index (κ1) is 12.4. The van der Waals surface area contributed by atoms with Gasteiger partial charge in [-0.1, -0.05) is 30.3 Å². The van der Waals surface area contributed by atoms with E-state index in [4.69, 9.17) is 5.11 Å². The first-order valence-electron chi connectivity index (χ1n) is 6.42. The number of carboxylic acids is 1. The molecule has 4 nitrogen and oxygen atoms in total. The molecular weight excluding hydrogens is 252 g/mol. The lowest BCUT2D eigenvalue weighted by Crippen LogP contribution is -2.00. The van der Waals surface area contributed by atoms with Crippen molar-refractivity contribution < 1.29 is 9.90 Å². The molecule has 1 N–H and O–H groups in total. The van der Waals surface area contributed by atoms with Crippen molar-refractivity contribution in [2.45, 2.75) is 13.0 Å². The molecule has 3 rings (SSSR count). The molecule has 3 aromatic rings. The fraction of sp³-hybridized carbons (Fsp3) is 0.125. The number of nitrogens with zero attached hydrogens (tertiary/aromatic N) is 2. The Bertz CT molecular complexity index is 748. The van der Waals surface area contributed by atoms with Gasteiger partial charge < -0.3 is 9.67 Å². The number of benzene rings is 1. The molecule has 20 heavy (non-hydrogen) atoms. The molecule has 0 radical (unpaired) electrons. The predicted octanol–water partition coefficient (Wildman–Crippen LogP) is 2.71. The summed E-state index contributed by atoms with van der Waals surface area (Å²) in [5, 5.41) is 9.90. The molecule has 0 aliphatic carbocycles. The third-order valence-corrected chi connectivity index (χ3v) is 3.25. The van der Waals surface area contributed by atoms with Crippen LogP contribution in [0.4, 0.5) is 0 Å². The van der Waals surface area contributed by atoms with E-state index in [1.807, 2.05) is 53.2 Å². The summed E-state index contributed by atoms with van der Waals surface area (Å²) in [4.78, 5) is 15.3. The Morgan fingerprint density at radius 3 is 2.70 bits per heavy atom. The quantitative estimate of drug-likeness (QED) is 0.790. The number of hydrogen-bond donors (Lipinski definition) is 1. The van der Waals surface area contributed by atoms with Crippen LogP contribution in [0.1, 0.15) is 11.1 Å². The molecule has 2 heterocycles. The molecular formula is C16H14N2O2. The number of aromatic nitrogens is 2. The normalized spacial score (nSPS) is 10.8. The van der Waals surface area contributed by atoms with Crippen LogP contribution in [-0.4, -0.2) is 20.6 Å². The Morgan fingerprint density at radius 2 is 1.95 bits per heavy atom. The summed E-state index contributed by atoms with van der Waals surface area (Å²) < 4.78 is 2.00. The Balaban J connectivity index is 2.04. The third-order valence-electron chi connectivity index (χ3n) is 3.25. The van der Waals surface area contributed by atoms with Crippen LogP contribution in [-0.2, 0) is 17.8 Å². The Hall–Kier alpha value is -2.62. The van der Waals surface area contributed by atoms with E-state index < -0.39 is 5.97 Å². The maximum absolute atomic E-state index is 11.0. The molecule has 0 fully saturated rings. The summed E-state index contributed by atoms with van der Waals surface area (Å²) in [6.45, 7) is 0.688. The summed E-state index contributed by atoms with van der Waals surface area (Å²) in [7, 11) is 0. The van der Waals surface area contributed by atoms with Crippen LogP contribution in [0.15, 0.2) is 54.9 Å². The molecule has 0 aliphatic heterocycles. The van der Waals surface area contributed by atoms with Gasteiger partial charge >= 0.3 is 5.97 Å². The molecule has 100 valence electrons. The molecule has 4 heteroatoms. The monoisotopic (exact) mass is 266 g/mol. The lowest BCUT2D eigenvalue weighted by atomic mass is 10.2. The fourth-order valence-corrected chi connectivity index (χ4v) is 2.40. The zero-order chi connectivity index (χ0) is 13.9. The highest BCUT2D eigenvalue weighted by molar-refractivity contribution is 5.85. The van der Waals surface area contributed by atoms with Crippen molar-refractivity contribution in [3.63, 3.8) is 0 Å². The van der Waals surface area contributed by atoms with Crippen molar-refractivity contribution in [1.82, 2.24) is 9.55 Å². The second-order valence-electron chi connectivity index (χ2n) is 4.71.